The lowest BCUT2D eigenvalue weighted by Gasteiger charge is -2.34. The summed E-state index contributed by atoms with van der Waals surface area (Å²) in [6.07, 6.45) is -0.763. The van der Waals surface area contributed by atoms with E-state index in [1.807, 2.05) is 6.07 Å². The second kappa shape index (κ2) is 6.68. The number of likely N-dealkylation sites (N-methyl/N-ethyl adjacent to an activating group) is 1. The standard InChI is InChI=1S/C18H18N2O4S/c1-11(21)15-8-9-16(25-15)18(23)20-10-14(17(22)19(2)3)24-13-7-5-4-6-12(13)20/h4-9,14H,10H2,1-3H3/t14-/m0/s1. The summed E-state index contributed by atoms with van der Waals surface area (Å²) >= 11 is 1.16. The Morgan fingerprint density at radius 3 is 2.44 bits per heavy atom. The van der Waals surface area contributed by atoms with Crippen LogP contribution in [0.25, 0.3) is 0 Å². The number of anilines is 1. The highest BCUT2D eigenvalue weighted by molar-refractivity contribution is 7.16. The molecular formula is C18H18N2O4S. The number of thiophene rings is 1. The molecule has 1 aromatic carbocycles. The molecule has 7 heteroatoms. The van der Waals surface area contributed by atoms with Gasteiger partial charge in [-0.1, -0.05) is 12.1 Å². The first-order valence-electron chi connectivity index (χ1n) is 7.78. The molecule has 0 aliphatic carbocycles. The number of carbonyl (C=O) groups is 3. The molecule has 0 spiro atoms. The van der Waals surface area contributed by atoms with Gasteiger partial charge in [0.25, 0.3) is 11.8 Å². The molecule has 1 aliphatic heterocycles. The molecule has 0 bridgehead atoms. The maximum Gasteiger partial charge on any atom is 0.268 e. The van der Waals surface area contributed by atoms with Crippen LogP contribution in [0.2, 0.25) is 0 Å². The van der Waals surface area contributed by atoms with Crippen molar-refractivity contribution in [3.8, 4) is 5.75 Å². The fourth-order valence-electron chi connectivity index (χ4n) is 2.62. The average molecular weight is 358 g/mol. The number of ketones is 1. The van der Waals surface area contributed by atoms with Crippen molar-refractivity contribution in [3.63, 3.8) is 0 Å². The van der Waals surface area contributed by atoms with Gasteiger partial charge in [-0.3, -0.25) is 19.3 Å². The molecule has 0 saturated heterocycles. The molecule has 2 aromatic rings. The van der Waals surface area contributed by atoms with E-state index in [-0.39, 0.29) is 24.1 Å². The fourth-order valence-corrected chi connectivity index (χ4v) is 3.47. The zero-order chi connectivity index (χ0) is 18.1. The third kappa shape index (κ3) is 3.28. The Hall–Kier alpha value is -2.67. The highest BCUT2D eigenvalue weighted by Gasteiger charge is 2.35. The lowest BCUT2D eigenvalue weighted by Crippen LogP contribution is -2.50. The SMILES string of the molecule is CC(=O)c1ccc(C(=O)N2C[C@@H](C(=O)N(C)C)Oc3ccccc32)s1. The number of rotatable bonds is 3. The molecule has 0 fully saturated rings. The first-order valence-corrected chi connectivity index (χ1v) is 8.59. The van der Waals surface area contributed by atoms with E-state index < -0.39 is 6.10 Å². The van der Waals surface area contributed by atoms with Gasteiger partial charge in [-0.25, -0.2) is 0 Å². The number of benzene rings is 1. The average Bonchev–Trinajstić information content (AvgIpc) is 3.09. The van der Waals surface area contributed by atoms with E-state index >= 15 is 0 Å². The lowest BCUT2D eigenvalue weighted by atomic mass is 10.1. The van der Waals surface area contributed by atoms with E-state index in [1.54, 1.807) is 49.3 Å². The van der Waals surface area contributed by atoms with Gasteiger partial charge in [0, 0.05) is 14.1 Å². The number of ether oxygens (including phenoxy) is 1. The number of Topliss-reactive ketones (excluding diaryl/α,β-unsaturated/α-hetero) is 1. The van der Waals surface area contributed by atoms with Crippen molar-refractivity contribution in [2.24, 2.45) is 0 Å². The topological polar surface area (TPSA) is 66.9 Å². The Labute approximate surface area is 149 Å². The Kier molecular flexibility index (Phi) is 4.59. The Balaban J connectivity index is 1.96. The number of carbonyl (C=O) groups excluding carboxylic acids is 3. The number of para-hydroxylation sites is 2. The zero-order valence-electron chi connectivity index (χ0n) is 14.2. The number of hydrogen-bond acceptors (Lipinski definition) is 5. The quantitative estimate of drug-likeness (QED) is 0.791. The van der Waals surface area contributed by atoms with Crippen LogP contribution in [0.1, 0.15) is 26.3 Å². The molecule has 25 heavy (non-hydrogen) atoms. The van der Waals surface area contributed by atoms with Crippen molar-refractivity contribution >= 4 is 34.6 Å². The highest BCUT2D eigenvalue weighted by Crippen LogP contribution is 2.35. The normalized spacial score (nSPS) is 16.0. The van der Waals surface area contributed by atoms with Gasteiger partial charge in [0.2, 0.25) is 0 Å². The molecule has 1 atom stereocenters. The predicted octanol–water partition coefficient (Wildman–Crippen LogP) is 2.45. The first-order chi connectivity index (χ1) is 11.9. The van der Waals surface area contributed by atoms with Crippen LogP contribution < -0.4 is 9.64 Å². The van der Waals surface area contributed by atoms with E-state index in [9.17, 15) is 14.4 Å². The second-order valence-electron chi connectivity index (χ2n) is 5.94. The Bertz CT molecular complexity index is 843. The van der Waals surface area contributed by atoms with Crippen LogP contribution in [0.3, 0.4) is 0 Å². The van der Waals surface area contributed by atoms with Crippen LogP contribution in [-0.4, -0.2) is 49.2 Å². The molecular weight excluding hydrogens is 340 g/mol. The van der Waals surface area contributed by atoms with Gasteiger partial charge < -0.3 is 9.64 Å². The minimum atomic E-state index is -0.763. The van der Waals surface area contributed by atoms with Gasteiger partial charge in [0.15, 0.2) is 11.9 Å². The van der Waals surface area contributed by atoms with Gasteiger partial charge in [0.05, 0.1) is 22.0 Å². The number of fused-ring (bicyclic) bond motifs is 1. The maximum absolute atomic E-state index is 13.0. The summed E-state index contributed by atoms with van der Waals surface area (Å²) in [6.45, 7) is 1.59. The molecule has 1 aromatic heterocycles. The first kappa shape index (κ1) is 17.2. The number of amides is 2. The van der Waals surface area contributed by atoms with Crippen LogP contribution in [-0.2, 0) is 4.79 Å². The number of hydrogen-bond donors (Lipinski definition) is 0. The summed E-state index contributed by atoms with van der Waals surface area (Å²) in [6, 6.07) is 10.4. The molecule has 1 aliphatic rings. The Morgan fingerprint density at radius 1 is 1.12 bits per heavy atom. The summed E-state index contributed by atoms with van der Waals surface area (Å²) in [5.74, 6) is -0.0366. The third-order valence-electron chi connectivity index (χ3n) is 3.90. The summed E-state index contributed by atoms with van der Waals surface area (Å²) in [4.78, 5) is 40.8. The molecule has 0 radical (unpaired) electrons. The molecule has 0 saturated carbocycles. The largest absolute Gasteiger partial charge is 0.476 e. The molecule has 6 nitrogen and oxygen atoms in total. The lowest BCUT2D eigenvalue weighted by molar-refractivity contribution is -0.135. The predicted molar refractivity (Wildman–Crippen MR) is 95.6 cm³/mol. The third-order valence-corrected chi connectivity index (χ3v) is 5.07. The fraction of sp³-hybridized carbons (Fsp3) is 0.278. The second-order valence-corrected chi connectivity index (χ2v) is 7.03. The smallest absolute Gasteiger partial charge is 0.268 e. The molecule has 0 unspecified atom stereocenters. The van der Waals surface area contributed by atoms with Gasteiger partial charge in [-0.05, 0) is 31.2 Å². The van der Waals surface area contributed by atoms with Crippen molar-refractivity contribution in [1.82, 2.24) is 4.90 Å². The van der Waals surface area contributed by atoms with E-state index in [0.717, 1.165) is 11.3 Å². The van der Waals surface area contributed by atoms with Crippen LogP contribution in [0.5, 0.6) is 5.75 Å². The van der Waals surface area contributed by atoms with Crippen molar-refractivity contribution in [1.29, 1.82) is 0 Å². The van der Waals surface area contributed by atoms with Crippen LogP contribution in [0, 0.1) is 0 Å². The minimum Gasteiger partial charge on any atom is -0.476 e. The van der Waals surface area contributed by atoms with Crippen molar-refractivity contribution < 1.29 is 19.1 Å². The van der Waals surface area contributed by atoms with Crippen molar-refractivity contribution in [3.05, 3.63) is 46.2 Å². The zero-order valence-corrected chi connectivity index (χ0v) is 15.0. The molecule has 2 amide bonds. The Morgan fingerprint density at radius 2 is 1.80 bits per heavy atom. The molecule has 2 heterocycles. The van der Waals surface area contributed by atoms with E-state index in [1.165, 1.54) is 11.8 Å². The van der Waals surface area contributed by atoms with E-state index in [2.05, 4.69) is 0 Å². The minimum absolute atomic E-state index is 0.0768. The summed E-state index contributed by atoms with van der Waals surface area (Å²) in [7, 11) is 3.30. The van der Waals surface area contributed by atoms with Crippen LogP contribution in [0.4, 0.5) is 5.69 Å². The summed E-state index contributed by atoms with van der Waals surface area (Å²) in [5.41, 5.74) is 0.619. The van der Waals surface area contributed by atoms with Crippen LogP contribution >= 0.6 is 11.3 Å². The molecule has 3 rings (SSSR count). The van der Waals surface area contributed by atoms with Gasteiger partial charge in [-0.2, -0.15) is 0 Å². The van der Waals surface area contributed by atoms with Gasteiger partial charge in [-0.15, -0.1) is 11.3 Å². The van der Waals surface area contributed by atoms with Gasteiger partial charge in [0.1, 0.15) is 5.75 Å². The number of nitrogens with zero attached hydrogens (tertiary/aromatic N) is 2. The summed E-state index contributed by atoms with van der Waals surface area (Å²) < 4.78 is 5.78. The van der Waals surface area contributed by atoms with Crippen molar-refractivity contribution in [2.45, 2.75) is 13.0 Å². The van der Waals surface area contributed by atoms with Crippen LogP contribution in [0.15, 0.2) is 36.4 Å². The van der Waals surface area contributed by atoms with E-state index in [0.29, 0.717) is 21.2 Å². The molecule has 130 valence electrons. The van der Waals surface area contributed by atoms with E-state index in [4.69, 9.17) is 4.74 Å². The van der Waals surface area contributed by atoms with Crippen molar-refractivity contribution in [2.75, 3.05) is 25.5 Å². The van der Waals surface area contributed by atoms with Gasteiger partial charge >= 0.3 is 0 Å². The monoisotopic (exact) mass is 358 g/mol. The summed E-state index contributed by atoms with van der Waals surface area (Å²) in [5, 5.41) is 0. The maximum atomic E-state index is 13.0. The highest BCUT2D eigenvalue weighted by atomic mass is 32.1. The molecule has 0 N–H and O–H groups in total.